The molecule has 0 saturated carbocycles. The summed E-state index contributed by atoms with van der Waals surface area (Å²) in [4.78, 5) is 0. The van der Waals surface area contributed by atoms with Crippen molar-refractivity contribution in [2.45, 2.75) is 62.9 Å². The molecule has 2 unspecified atom stereocenters. The molecule has 0 aromatic heterocycles. The molecular formula is C12H22O2S. The summed E-state index contributed by atoms with van der Waals surface area (Å²) in [6.07, 6.45) is 9.58. The Balaban J connectivity index is 2.56. The molecule has 0 spiro atoms. The second kappa shape index (κ2) is 5.69. The van der Waals surface area contributed by atoms with E-state index in [2.05, 4.69) is 13.8 Å². The molecule has 88 valence electrons. The predicted octanol–water partition coefficient (Wildman–Crippen LogP) is 3.09. The van der Waals surface area contributed by atoms with Gasteiger partial charge in [-0.15, -0.1) is 0 Å². The molecule has 3 heteroatoms. The summed E-state index contributed by atoms with van der Waals surface area (Å²) in [5.74, 6) is 0. The SMILES string of the molecule is CCCCC1C=CC(CCCC)S1(=O)=O. The third kappa shape index (κ3) is 3.07. The van der Waals surface area contributed by atoms with Gasteiger partial charge in [0.15, 0.2) is 9.84 Å². The quantitative estimate of drug-likeness (QED) is 0.657. The van der Waals surface area contributed by atoms with Gasteiger partial charge in [0.2, 0.25) is 0 Å². The van der Waals surface area contributed by atoms with E-state index in [0.29, 0.717) is 0 Å². The summed E-state index contributed by atoms with van der Waals surface area (Å²) in [6, 6.07) is 0. The molecule has 1 heterocycles. The molecule has 0 aromatic carbocycles. The van der Waals surface area contributed by atoms with Crippen LogP contribution in [0.2, 0.25) is 0 Å². The normalized spacial score (nSPS) is 28.4. The molecule has 1 aliphatic rings. The first kappa shape index (κ1) is 12.8. The summed E-state index contributed by atoms with van der Waals surface area (Å²) in [7, 11) is -2.88. The first-order valence-corrected chi connectivity index (χ1v) is 7.64. The van der Waals surface area contributed by atoms with Crippen molar-refractivity contribution in [3.05, 3.63) is 12.2 Å². The second-order valence-electron chi connectivity index (χ2n) is 4.34. The smallest absolute Gasteiger partial charge is 0.163 e. The molecule has 2 nitrogen and oxygen atoms in total. The third-order valence-corrected chi connectivity index (χ3v) is 5.54. The zero-order valence-electron chi connectivity index (χ0n) is 9.78. The second-order valence-corrected chi connectivity index (χ2v) is 6.72. The number of sulfone groups is 1. The van der Waals surface area contributed by atoms with E-state index in [1.54, 1.807) is 0 Å². The lowest BCUT2D eigenvalue weighted by molar-refractivity contribution is 0.570. The van der Waals surface area contributed by atoms with Gasteiger partial charge in [-0.05, 0) is 12.8 Å². The van der Waals surface area contributed by atoms with Gasteiger partial charge in [-0.3, -0.25) is 0 Å². The standard InChI is InChI=1S/C12H22O2S/c1-3-5-7-11-9-10-12(8-6-4-2)15(11,13)14/h9-12H,3-8H2,1-2H3. The summed E-state index contributed by atoms with van der Waals surface area (Å²) in [5, 5.41) is -0.390. The van der Waals surface area contributed by atoms with Crippen molar-refractivity contribution in [3.8, 4) is 0 Å². The summed E-state index contributed by atoms with van der Waals surface area (Å²) >= 11 is 0. The Morgan fingerprint density at radius 2 is 1.33 bits per heavy atom. The van der Waals surface area contributed by atoms with Crippen LogP contribution < -0.4 is 0 Å². The Kier molecular flexibility index (Phi) is 4.84. The van der Waals surface area contributed by atoms with Gasteiger partial charge in [0.25, 0.3) is 0 Å². The van der Waals surface area contributed by atoms with Gasteiger partial charge in [0.1, 0.15) is 0 Å². The van der Waals surface area contributed by atoms with E-state index < -0.39 is 9.84 Å². The van der Waals surface area contributed by atoms with Crippen LogP contribution in [0.3, 0.4) is 0 Å². The van der Waals surface area contributed by atoms with E-state index >= 15 is 0 Å². The number of unbranched alkanes of at least 4 members (excludes halogenated alkanes) is 2. The van der Waals surface area contributed by atoms with E-state index in [0.717, 1.165) is 38.5 Å². The van der Waals surface area contributed by atoms with Crippen LogP contribution in [0.15, 0.2) is 12.2 Å². The van der Waals surface area contributed by atoms with E-state index in [1.807, 2.05) is 12.2 Å². The Morgan fingerprint density at radius 1 is 0.933 bits per heavy atom. The Hall–Kier alpha value is -0.310. The lowest BCUT2D eigenvalue weighted by atomic mass is 10.1. The van der Waals surface area contributed by atoms with Crippen LogP contribution in [-0.4, -0.2) is 18.9 Å². The molecule has 0 saturated heterocycles. The number of hydrogen-bond acceptors (Lipinski definition) is 2. The summed E-state index contributed by atoms with van der Waals surface area (Å²) < 4.78 is 24.1. The first-order valence-electron chi connectivity index (χ1n) is 6.04. The van der Waals surface area contributed by atoms with Crippen molar-refractivity contribution in [3.63, 3.8) is 0 Å². The number of rotatable bonds is 6. The molecule has 1 rings (SSSR count). The van der Waals surface area contributed by atoms with Crippen molar-refractivity contribution in [2.24, 2.45) is 0 Å². The number of hydrogen-bond donors (Lipinski definition) is 0. The molecule has 0 amide bonds. The maximum atomic E-state index is 12.0. The van der Waals surface area contributed by atoms with Gasteiger partial charge < -0.3 is 0 Å². The summed E-state index contributed by atoms with van der Waals surface area (Å²) in [5.41, 5.74) is 0. The van der Waals surface area contributed by atoms with Crippen LogP contribution in [0.5, 0.6) is 0 Å². The van der Waals surface area contributed by atoms with Crippen LogP contribution in [0, 0.1) is 0 Å². The van der Waals surface area contributed by atoms with Crippen molar-refractivity contribution in [1.29, 1.82) is 0 Å². The van der Waals surface area contributed by atoms with Crippen molar-refractivity contribution in [2.75, 3.05) is 0 Å². The van der Waals surface area contributed by atoms with E-state index in [9.17, 15) is 8.42 Å². The molecule has 0 N–H and O–H groups in total. The average Bonchev–Trinajstić information content (AvgIpc) is 2.48. The minimum Gasteiger partial charge on any atom is -0.228 e. The van der Waals surface area contributed by atoms with E-state index in [1.165, 1.54) is 0 Å². The van der Waals surface area contributed by atoms with Crippen LogP contribution in [0.1, 0.15) is 52.4 Å². The molecular weight excluding hydrogens is 208 g/mol. The van der Waals surface area contributed by atoms with Gasteiger partial charge in [-0.25, -0.2) is 8.42 Å². The zero-order valence-corrected chi connectivity index (χ0v) is 10.6. The minimum absolute atomic E-state index is 0.195. The van der Waals surface area contributed by atoms with Crippen LogP contribution in [-0.2, 0) is 9.84 Å². The molecule has 0 bridgehead atoms. The Morgan fingerprint density at radius 3 is 1.67 bits per heavy atom. The van der Waals surface area contributed by atoms with Gasteiger partial charge in [-0.1, -0.05) is 51.7 Å². The largest absolute Gasteiger partial charge is 0.228 e. The average molecular weight is 230 g/mol. The minimum atomic E-state index is -2.88. The maximum Gasteiger partial charge on any atom is 0.163 e. The maximum absolute atomic E-state index is 12.0. The molecule has 0 radical (unpaired) electrons. The predicted molar refractivity (Wildman–Crippen MR) is 64.7 cm³/mol. The van der Waals surface area contributed by atoms with Crippen LogP contribution >= 0.6 is 0 Å². The van der Waals surface area contributed by atoms with Crippen LogP contribution in [0.25, 0.3) is 0 Å². The fraction of sp³-hybridized carbons (Fsp3) is 0.833. The molecule has 15 heavy (non-hydrogen) atoms. The monoisotopic (exact) mass is 230 g/mol. The Labute approximate surface area is 93.7 Å². The van der Waals surface area contributed by atoms with Gasteiger partial charge >= 0.3 is 0 Å². The van der Waals surface area contributed by atoms with Crippen molar-refractivity contribution in [1.82, 2.24) is 0 Å². The molecule has 0 aliphatic carbocycles. The zero-order chi connectivity index (χ0) is 11.3. The fourth-order valence-corrected chi connectivity index (χ4v) is 4.08. The molecule has 1 aliphatic heterocycles. The van der Waals surface area contributed by atoms with Crippen molar-refractivity contribution < 1.29 is 8.42 Å². The molecule has 2 atom stereocenters. The highest BCUT2D eigenvalue weighted by Gasteiger charge is 2.34. The highest BCUT2D eigenvalue weighted by Crippen LogP contribution is 2.27. The van der Waals surface area contributed by atoms with E-state index in [-0.39, 0.29) is 10.5 Å². The third-order valence-electron chi connectivity index (χ3n) is 3.07. The lowest BCUT2D eigenvalue weighted by Crippen LogP contribution is -2.24. The van der Waals surface area contributed by atoms with Gasteiger partial charge in [0, 0.05) is 0 Å². The van der Waals surface area contributed by atoms with Gasteiger partial charge in [-0.2, -0.15) is 0 Å². The Bertz CT molecular complexity index is 280. The molecule has 0 fully saturated rings. The summed E-state index contributed by atoms with van der Waals surface area (Å²) in [6.45, 7) is 4.19. The highest BCUT2D eigenvalue weighted by atomic mass is 32.2. The van der Waals surface area contributed by atoms with Crippen LogP contribution in [0.4, 0.5) is 0 Å². The topological polar surface area (TPSA) is 34.1 Å². The van der Waals surface area contributed by atoms with E-state index in [4.69, 9.17) is 0 Å². The lowest BCUT2D eigenvalue weighted by Gasteiger charge is -2.13. The first-order chi connectivity index (χ1) is 7.12. The fourth-order valence-electron chi connectivity index (χ4n) is 2.02. The van der Waals surface area contributed by atoms with Gasteiger partial charge in [0.05, 0.1) is 10.5 Å². The highest BCUT2D eigenvalue weighted by molar-refractivity contribution is 7.93. The molecule has 0 aromatic rings. The van der Waals surface area contributed by atoms with Crippen molar-refractivity contribution >= 4 is 9.84 Å².